The third-order valence-electron chi connectivity index (χ3n) is 2.70. The molecule has 2 aromatic rings. The van der Waals surface area contributed by atoms with E-state index in [9.17, 15) is 0 Å². The van der Waals surface area contributed by atoms with Crippen molar-refractivity contribution in [2.45, 2.75) is 39.7 Å². The van der Waals surface area contributed by atoms with Crippen LogP contribution >= 0.6 is 0 Å². The van der Waals surface area contributed by atoms with Gasteiger partial charge >= 0.3 is 0 Å². The number of aryl methyl sites for hydroxylation is 1. The van der Waals surface area contributed by atoms with Gasteiger partial charge in [0.25, 0.3) is 0 Å². The van der Waals surface area contributed by atoms with E-state index in [1.165, 1.54) is 5.56 Å². The van der Waals surface area contributed by atoms with E-state index in [-0.39, 0.29) is 6.10 Å². The van der Waals surface area contributed by atoms with Gasteiger partial charge in [-0.3, -0.25) is 4.98 Å². The molecule has 0 unspecified atom stereocenters. The standard InChI is InChI=1S/C15H19NO/c1-4-6-12-8-9-14(17-11(2)3)13-7-5-10-16-15(12)13/h5,7-11H,4,6H2,1-3H3. The van der Waals surface area contributed by atoms with E-state index >= 15 is 0 Å². The van der Waals surface area contributed by atoms with Crippen molar-refractivity contribution in [2.75, 3.05) is 0 Å². The van der Waals surface area contributed by atoms with Gasteiger partial charge in [-0.2, -0.15) is 0 Å². The molecule has 0 radical (unpaired) electrons. The van der Waals surface area contributed by atoms with Gasteiger partial charge in [0.05, 0.1) is 11.6 Å². The maximum atomic E-state index is 5.82. The van der Waals surface area contributed by atoms with Gasteiger partial charge in [0.2, 0.25) is 0 Å². The van der Waals surface area contributed by atoms with E-state index in [1.54, 1.807) is 0 Å². The van der Waals surface area contributed by atoms with Crippen LogP contribution in [0.25, 0.3) is 10.9 Å². The first kappa shape index (κ1) is 11.9. The van der Waals surface area contributed by atoms with Gasteiger partial charge in [0, 0.05) is 11.6 Å². The summed E-state index contributed by atoms with van der Waals surface area (Å²) in [5.74, 6) is 0.933. The highest BCUT2D eigenvalue weighted by Crippen LogP contribution is 2.28. The minimum atomic E-state index is 0.190. The van der Waals surface area contributed by atoms with Crippen molar-refractivity contribution >= 4 is 10.9 Å². The number of ether oxygens (including phenoxy) is 1. The van der Waals surface area contributed by atoms with Crippen LogP contribution in [0.1, 0.15) is 32.8 Å². The Morgan fingerprint density at radius 3 is 2.76 bits per heavy atom. The van der Waals surface area contributed by atoms with E-state index in [1.807, 2.05) is 26.1 Å². The molecule has 0 fully saturated rings. The second-order valence-electron chi connectivity index (χ2n) is 4.54. The van der Waals surface area contributed by atoms with Crippen LogP contribution < -0.4 is 4.74 Å². The molecule has 0 bridgehead atoms. The normalized spacial score (nSPS) is 11.1. The first-order chi connectivity index (χ1) is 8.22. The van der Waals surface area contributed by atoms with Crippen molar-refractivity contribution in [2.24, 2.45) is 0 Å². The fraction of sp³-hybridized carbons (Fsp3) is 0.400. The molecular formula is C15H19NO. The molecule has 0 aliphatic carbocycles. The number of pyridine rings is 1. The van der Waals surface area contributed by atoms with Crippen LogP contribution in [0.2, 0.25) is 0 Å². The largest absolute Gasteiger partial charge is 0.490 e. The van der Waals surface area contributed by atoms with Gasteiger partial charge in [0.1, 0.15) is 5.75 Å². The molecule has 0 saturated heterocycles. The number of hydrogen-bond acceptors (Lipinski definition) is 2. The summed E-state index contributed by atoms with van der Waals surface area (Å²) >= 11 is 0. The molecule has 0 aliphatic heterocycles. The van der Waals surface area contributed by atoms with Crippen LogP contribution in [-0.4, -0.2) is 11.1 Å². The molecule has 90 valence electrons. The maximum Gasteiger partial charge on any atom is 0.129 e. The zero-order chi connectivity index (χ0) is 12.3. The Balaban J connectivity index is 2.54. The lowest BCUT2D eigenvalue weighted by Gasteiger charge is -2.13. The van der Waals surface area contributed by atoms with Crippen molar-refractivity contribution in [1.29, 1.82) is 0 Å². The van der Waals surface area contributed by atoms with Gasteiger partial charge in [-0.1, -0.05) is 19.4 Å². The summed E-state index contributed by atoms with van der Waals surface area (Å²) in [5, 5.41) is 1.12. The average molecular weight is 229 g/mol. The summed E-state index contributed by atoms with van der Waals surface area (Å²) in [6, 6.07) is 8.25. The van der Waals surface area contributed by atoms with E-state index in [2.05, 4.69) is 30.1 Å². The summed E-state index contributed by atoms with van der Waals surface area (Å²) in [5.41, 5.74) is 2.38. The summed E-state index contributed by atoms with van der Waals surface area (Å²) in [6.45, 7) is 6.28. The molecule has 2 nitrogen and oxygen atoms in total. The van der Waals surface area contributed by atoms with Gasteiger partial charge in [-0.15, -0.1) is 0 Å². The Labute approximate surface area is 103 Å². The molecule has 2 rings (SSSR count). The predicted molar refractivity (Wildman–Crippen MR) is 71.5 cm³/mol. The number of nitrogens with zero attached hydrogens (tertiary/aromatic N) is 1. The van der Waals surface area contributed by atoms with E-state index in [0.717, 1.165) is 29.5 Å². The van der Waals surface area contributed by atoms with Crippen LogP contribution in [0.5, 0.6) is 5.75 Å². The van der Waals surface area contributed by atoms with Crippen LogP contribution in [0.4, 0.5) is 0 Å². The monoisotopic (exact) mass is 229 g/mol. The van der Waals surface area contributed by atoms with Gasteiger partial charge in [0.15, 0.2) is 0 Å². The molecule has 1 aromatic heterocycles. The molecule has 0 spiro atoms. The van der Waals surface area contributed by atoms with E-state index in [0.29, 0.717) is 0 Å². The quantitative estimate of drug-likeness (QED) is 0.791. The highest BCUT2D eigenvalue weighted by molar-refractivity contribution is 5.87. The van der Waals surface area contributed by atoms with Crippen molar-refractivity contribution in [3.05, 3.63) is 36.0 Å². The Morgan fingerprint density at radius 1 is 1.24 bits per heavy atom. The second-order valence-corrected chi connectivity index (χ2v) is 4.54. The zero-order valence-electron chi connectivity index (χ0n) is 10.7. The smallest absolute Gasteiger partial charge is 0.129 e. The van der Waals surface area contributed by atoms with Crippen molar-refractivity contribution < 1.29 is 4.74 Å². The Bertz CT molecular complexity index is 505. The van der Waals surface area contributed by atoms with Gasteiger partial charge in [-0.05, 0) is 44.0 Å². The summed E-state index contributed by atoms with van der Waals surface area (Å²) in [4.78, 5) is 4.49. The first-order valence-electron chi connectivity index (χ1n) is 6.25. The van der Waals surface area contributed by atoms with Gasteiger partial charge < -0.3 is 4.74 Å². The average Bonchev–Trinajstić information content (AvgIpc) is 2.32. The Hall–Kier alpha value is -1.57. The summed E-state index contributed by atoms with van der Waals surface area (Å²) in [6.07, 6.45) is 4.24. The van der Waals surface area contributed by atoms with Crippen LogP contribution in [0.3, 0.4) is 0 Å². The third-order valence-corrected chi connectivity index (χ3v) is 2.70. The maximum absolute atomic E-state index is 5.82. The lowest BCUT2D eigenvalue weighted by Crippen LogP contribution is -2.06. The van der Waals surface area contributed by atoms with E-state index in [4.69, 9.17) is 4.74 Å². The van der Waals surface area contributed by atoms with Crippen molar-refractivity contribution in [3.8, 4) is 5.75 Å². The minimum Gasteiger partial charge on any atom is -0.490 e. The number of aromatic nitrogens is 1. The molecule has 1 heterocycles. The predicted octanol–water partition coefficient (Wildman–Crippen LogP) is 3.97. The summed E-state index contributed by atoms with van der Waals surface area (Å²) < 4.78 is 5.82. The number of hydrogen-bond donors (Lipinski definition) is 0. The lowest BCUT2D eigenvalue weighted by molar-refractivity contribution is 0.245. The molecule has 0 N–H and O–H groups in total. The Kier molecular flexibility index (Phi) is 3.62. The molecule has 0 amide bonds. The zero-order valence-corrected chi connectivity index (χ0v) is 10.7. The molecule has 0 aliphatic rings. The van der Waals surface area contributed by atoms with Crippen molar-refractivity contribution in [3.63, 3.8) is 0 Å². The lowest BCUT2D eigenvalue weighted by atomic mass is 10.0. The van der Waals surface area contributed by atoms with Crippen molar-refractivity contribution in [1.82, 2.24) is 4.98 Å². The molecule has 17 heavy (non-hydrogen) atoms. The minimum absolute atomic E-state index is 0.190. The van der Waals surface area contributed by atoms with Gasteiger partial charge in [-0.25, -0.2) is 0 Å². The van der Waals surface area contributed by atoms with Crippen LogP contribution in [0, 0.1) is 0 Å². The fourth-order valence-electron chi connectivity index (χ4n) is 2.03. The molecule has 1 aromatic carbocycles. The first-order valence-corrected chi connectivity index (χ1v) is 6.25. The molecular weight excluding hydrogens is 210 g/mol. The van der Waals surface area contributed by atoms with E-state index < -0.39 is 0 Å². The molecule has 0 saturated carbocycles. The SMILES string of the molecule is CCCc1ccc(OC(C)C)c2cccnc12. The number of benzene rings is 1. The third kappa shape index (κ3) is 2.57. The van der Waals surface area contributed by atoms with Crippen LogP contribution in [-0.2, 0) is 6.42 Å². The van der Waals surface area contributed by atoms with Crippen LogP contribution in [0.15, 0.2) is 30.5 Å². The fourth-order valence-corrected chi connectivity index (χ4v) is 2.03. The molecule has 2 heteroatoms. The highest BCUT2D eigenvalue weighted by atomic mass is 16.5. The highest BCUT2D eigenvalue weighted by Gasteiger charge is 2.08. The topological polar surface area (TPSA) is 22.1 Å². The molecule has 0 atom stereocenters. The number of fused-ring (bicyclic) bond motifs is 1. The second kappa shape index (κ2) is 5.17. The Morgan fingerprint density at radius 2 is 2.06 bits per heavy atom. The number of rotatable bonds is 4. The summed E-state index contributed by atoms with van der Waals surface area (Å²) in [7, 11) is 0.